The third-order valence-corrected chi connectivity index (χ3v) is 5.38. The van der Waals surface area contributed by atoms with Gasteiger partial charge in [-0.1, -0.05) is 0 Å². The summed E-state index contributed by atoms with van der Waals surface area (Å²) in [5.41, 5.74) is 2.21. The summed E-state index contributed by atoms with van der Waals surface area (Å²) in [4.78, 5) is 28.4. The van der Waals surface area contributed by atoms with Crippen LogP contribution >= 0.6 is 0 Å². The number of ether oxygens (including phenoxy) is 1. The molecule has 1 aromatic rings. The van der Waals surface area contributed by atoms with Gasteiger partial charge < -0.3 is 19.9 Å². The molecule has 2 saturated heterocycles. The predicted molar refractivity (Wildman–Crippen MR) is 85.6 cm³/mol. The van der Waals surface area contributed by atoms with E-state index in [4.69, 9.17) is 4.74 Å². The third-order valence-electron chi connectivity index (χ3n) is 5.38. The number of aromatic amines is 1. The maximum Gasteiger partial charge on any atom is 0.407 e. The minimum Gasteiger partial charge on any atom is -0.441 e. The van der Waals surface area contributed by atoms with Crippen molar-refractivity contribution < 1.29 is 14.3 Å². The van der Waals surface area contributed by atoms with E-state index in [1.807, 2.05) is 4.90 Å². The molecule has 1 aromatic heterocycles. The topological polar surface area (TPSA) is 90.6 Å². The molecule has 24 heavy (non-hydrogen) atoms. The summed E-state index contributed by atoms with van der Waals surface area (Å²) in [6.45, 7) is 3.54. The molecule has 3 aliphatic heterocycles. The average Bonchev–Trinajstić information content (AvgIpc) is 3.06. The molecule has 4 heterocycles. The molecule has 0 bridgehead atoms. The Bertz CT molecular complexity index is 673. The van der Waals surface area contributed by atoms with Gasteiger partial charge in [0.15, 0.2) is 5.69 Å². The molecule has 0 unspecified atom stereocenters. The van der Waals surface area contributed by atoms with Crippen molar-refractivity contribution in [1.29, 1.82) is 0 Å². The van der Waals surface area contributed by atoms with E-state index in [0.29, 0.717) is 31.7 Å². The maximum atomic E-state index is 13.0. The quantitative estimate of drug-likeness (QED) is 0.781. The third kappa shape index (κ3) is 2.64. The van der Waals surface area contributed by atoms with Crippen LogP contribution in [0.2, 0.25) is 0 Å². The molecule has 2 amide bonds. The second kappa shape index (κ2) is 5.77. The molecular weight excluding hydrogens is 310 g/mol. The van der Waals surface area contributed by atoms with Gasteiger partial charge in [0.05, 0.1) is 6.54 Å². The van der Waals surface area contributed by atoms with Crippen LogP contribution in [0.3, 0.4) is 0 Å². The number of likely N-dealkylation sites (N-methyl/N-ethyl adjacent to an activating group) is 1. The number of likely N-dealkylation sites (tertiary alicyclic amines) is 1. The van der Waals surface area contributed by atoms with E-state index in [0.717, 1.165) is 43.6 Å². The number of fused-ring (bicyclic) bond motifs is 1. The first kappa shape index (κ1) is 15.4. The van der Waals surface area contributed by atoms with Crippen molar-refractivity contribution in [2.24, 2.45) is 0 Å². The van der Waals surface area contributed by atoms with Gasteiger partial charge in [0.1, 0.15) is 5.60 Å². The summed E-state index contributed by atoms with van der Waals surface area (Å²) in [5, 5.41) is 10.1. The molecular formula is C16H23N5O3. The van der Waals surface area contributed by atoms with Crippen molar-refractivity contribution in [3.8, 4) is 0 Å². The molecule has 2 N–H and O–H groups in total. The van der Waals surface area contributed by atoms with Crippen molar-refractivity contribution in [3.63, 3.8) is 0 Å². The van der Waals surface area contributed by atoms with Crippen LogP contribution in [0.4, 0.5) is 4.79 Å². The SMILES string of the molecule is CN1CCc2[nH]nc(C(=O)N3CCC[C@@]4(CC3)CNC(=O)O4)c2C1. The molecule has 130 valence electrons. The Hall–Kier alpha value is -2.09. The highest BCUT2D eigenvalue weighted by Crippen LogP contribution is 2.30. The lowest BCUT2D eigenvalue weighted by Gasteiger charge is -2.25. The van der Waals surface area contributed by atoms with E-state index in [1.54, 1.807) is 0 Å². The van der Waals surface area contributed by atoms with Gasteiger partial charge >= 0.3 is 6.09 Å². The molecule has 0 aromatic carbocycles. The van der Waals surface area contributed by atoms with Crippen molar-refractivity contribution >= 4 is 12.0 Å². The zero-order valence-corrected chi connectivity index (χ0v) is 13.9. The molecule has 1 atom stereocenters. The number of aromatic nitrogens is 2. The number of amides is 2. The first-order chi connectivity index (χ1) is 11.6. The van der Waals surface area contributed by atoms with Crippen LogP contribution in [0.5, 0.6) is 0 Å². The summed E-state index contributed by atoms with van der Waals surface area (Å²) >= 11 is 0. The van der Waals surface area contributed by atoms with Crippen molar-refractivity contribution in [1.82, 2.24) is 25.3 Å². The smallest absolute Gasteiger partial charge is 0.407 e. The van der Waals surface area contributed by atoms with Crippen LogP contribution in [0, 0.1) is 0 Å². The summed E-state index contributed by atoms with van der Waals surface area (Å²) in [5.74, 6) is -0.0165. The molecule has 8 heteroatoms. The lowest BCUT2D eigenvalue weighted by molar-refractivity contribution is 0.0438. The van der Waals surface area contributed by atoms with Crippen LogP contribution in [0.15, 0.2) is 0 Å². The van der Waals surface area contributed by atoms with E-state index in [1.165, 1.54) is 0 Å². The van der Waals surface area contributed by atoms with E-state index in [9.17, 15) is 9.59 Å². The minimum absolute atomic E-state index is 0.0165. The molecule has 0 aliphatic carbocycles. The number of hydrogen-bond donors (Lipinski definition) is 2. The molecule has 1 spiro atoms. The van der Waals surface area contributed by atoms with Gasteiger partial charge in [-0.15, -0.1) is 0 Å². The fraction of sp³-hybridized carbons (Fsp3) is 0.688. The molecule has 4 rings (SSSR count). The van der Waals surface area contributed by atoms with Crippen LogP contribution < -0.4 is 5.32 Å². The lowest BCUT2D eigenvalue weighted by atomic mass is 9.95. The Morgan fingerprint density at radius 3 is 2.96 bits per heavy atom. The first-order valence-electron chi connectivity index (χ1n) is 8.57. The molecule has 3 aliphatic rings. The Morgan fingerprint density at radius 2 is 2.17 bits per heavy atom. The summed E-state index contributed by atoms with van der Waals surface area (Å²) in [6, 6.07) is 0. The van der Waals surface area contributed by atoms with Crippen molar-refractivity contribution in [3.05, 3.63) is 17.0 Å². The number of H-pyrrole nitrogens is 1. The van der Waals surface area contributed by atoms with E-state index >= 15 is 0 Å². The maximum absolute atomic E-state index is 13.0. The Labute approximate surface area is 140 Å². The average molecular weight is 333 g/mol. The summed E-state index contributed by atoms with van der Waals surface area (Å²) < 4.78 is 5.48. The normalized spacial score (nSPS) is 27.5. The summed E-state index contributed by atoms with van der Waals surface area (Å²) in [6.07, 6.45) is 2.84. The minimum atomic E-state index is -0.447. The van der Waals surface area contributed by atoms with Gasteiger partial charge in [-0.3, -0.25) is 9.89 Å². The number of rotatable bonds is 1. The zero-order chi connectivity index (χ0) is 16.7. The Balaban J connectivity index is 1.49. The predicted octanol–water partition coefficient (Wildman–Crippen LogP) is 0.502. The van der Waals surface area contributed by atoms with Crippen LogP contribution in [-0.4, -0.2) is 70.8 Å². The van der Waals surface area contributed by atoms with Crippen LogP contribution in [0.25, 0.3) is 0 Å². The number of nitrogens with one attached hydrogen (secondary N) is 2. The number of carbonyl (C=O) groups excluding carboxylic acids is 2. The fourth-order valence-electron chi connectivity index (χ4n) is 3.91. The standard InChI is InChI=1S/C16H23N5O3/c1-20-7-3-12-11(9-20)13(19-18-12)14(22)21-6-2-4-16(5-8-21)10-17-15(23)24-16/h2-10H2,1H3,(H,17,23)(H,18,19)/t16-/m1/s1. The molecule has 2 fully saturated rings. The Morgan fingerprint density at radius 1 is 1.29 bits per heavy atom. The largest absolute Gasteiger partial charge is 0.441 e. The fourth-order valence-corrected chi connectivity index (χ4v) is 3.91. The number of nitrogens with zero attached hydrogens (tertiary/aromatic N) is 3. The van der Waals surface area contributed by atoms with E-state index in [2.05, 4.69) is 27.5 Å². The number of carbonyl (C=O) groups is 2. The zero-order valence-electron chi connectivity index (χ0n) is 13.9. The van der Waals surface area contributed by atoms with Crippen LogP contribution in [-0.2, 0) is 17.7 Å². The van der Waals surface area contributed by atoms with Gasteiger partial charge in [0.2, 0.25) is 0 Å². The second-order valence-corrected chi connectivity index (χ2v) is 7.09. The highest BCUT2D eigenvalue weighted by atomic mass is 16.6. The van der Waals surface area contributed by atoms with Gasteiger partial charge in [-0.25, -0.2) is 4.79 Å². The van der Waals surface area contributed by atoms with Gasteiger partial charge in [0, 0.05) is 50.3 Å². The van der Waals surface area contributed by atoms with Crippen molar-refractivity contribution in [2.45, 2.75) is 37.8 Å². The highest BCUT2D eigenvalue weighted by molar-refractivity contribution is 5.94. The highest BCUT2D eigenvalue weighted by Gasteiger charge is 2.42. The monoisotopic (exact) mass is 333 g/mol. The first-order valence-corrected chi connectivity index (χ1v) is 8.57. The van der Waals surface area contributed by atoms with Gasteiger partial charge in [-0.2, -0.15) is 5.10 Å². The molecule has 0 saturated carbocycles. The number of alkyl carbamates (subject to hydrolysis) is 1. The number of hydrogen-bond acceptors (Lipinski definition) is 5. The molecule has 0 radical (unpaired) electrons. The van der Waals surface area contributed by atoms with Gasteiger partial charge in [0.25, 0.3) is 5.91 Å². The van der Waals surface area contributed by atoms with Crippen molar-refractivity contribution in [2.75, 3.05) is 33.2 Å². The Kier molecular flexibility index (Phi) is 3.71. The summed E-state index contributed by atoms with van der Waals surface area (Å²) in [7, 11) is 2.06. The second-order valence-electron chi connectivity index (χ2n) is 7.09. The van der Waals surface area contributed by atoms with E-state index < -0.39 is 5.60 Å². The molecule has 8 nitrogen and oxygen atoms in total. The van der Waals surface area contributed by atoms with Gasteiger partial charge in [-0.05, 0) is 19.9 Å². The van der Waals surface area contributed by atoms with Crippen LogP contribution in [0.1, 0.15) is 41.0 Å². The lowest BCUT2D eigenvalue weighted by Crippen LogP contribution is -2.37. The van der Waals surface area contributed by atoms with E-state index in [-0.39, 0.29) is 12.0 Å².